The zero-order valence-electron chi connectivity index (χ0n) is 12.0. The highest BCUT2D eigenvalue weighted by atomic mass is 15.1. The zero-order valence-corrected chi connectivity index (χ0v) is 12.0. The maximum absolute atomic E-state index is 4.61. The van der Waals surface area contributed by atoms with Crippen molar-refractivity contribution in [3.8, 4) is 11.6 Å². The van der Waals surface area contributed by atoms with Crippen LogP contribution in [0.2, 0.25) is 0 Å². The molecule has 0 spiro atoms. The first-order chi connectivity index (χ1) is 9.00. The molecule has 19 heavy (non-hydrogen) atoms. The number of rotatable bonds is 4. The minimum atomic E-state index is -0.0209. The number of aromatic nitrogens is 4. The average Bonchev–Trinajstić information content (AvgIpc) is 2.89. The van der Waals surface area contributed by atoms with E-state index in [0.717, 1.165) is 24.5 Å². The molecule has 0 aliphatic carbocycles. The summed E-state index contributed by atoms with van der Waals surface area (Å²) in [6, 6.07) is 2.02. The minimum absolute atomic E-state index is 0.0209. The highest BCUT2D eigenvalue weighted by molar-refractivity contribution is 5.50. The van der Waals surface area contributed by atoms with Crippen molar-refractivity contribution in [1.82, 2.24) is 19.9 Å². The molecule has 5 heteroatoms. The first kappa shape index (κ1) is 13.5. The Morgan fingerprint density at radius 1 is 1.26 bits per heavy atom. The van der Waals surface area contributed by atoms with Crippen LogP contribution in [0, 0.1) is 0 Å². The Kier molecular flexibility index (Phi) is 3.83. The first-order valence-electron chi connectivity index (χ1n) is 6.64. The standard InChI is InChI=1S/C14H21N5/c1-5-6-15-11-9-10(14(2,3)4)18-13(19-11)12-16-7-8-17-12/h7-9H,5-6H2,1-4H3,(H,16,17)(H,15,18,19). The molecule has 0 fully saturated rings. The molecule has 0 unspecified atom stereocenters. The van der Waals surface area contributed by atoms with Gasteiger partial charge in [0, 0.05) is 30.4 Å². The molecule has 102 valence electrons. The summed E-state index contributed by atoms with van der Waals surface area (Å²) in [4.78, 5) is 16.4. The molecule has 0 amide bonds. The van der Waals surface area contributed by atoms with Gasteiger partial charge in [0.05, 0.1) is 5.69 Å². The van der Waals surface area contributed by atoms with E-state index in [-0.39, 0.29) is 5.41 Å². The van der Waals surface area contributed by atoms with E-state index < -0.39 is 0 Å². The van der Waals surface area contributed by atoms with E-state index in [4.69, 9.17) is 0 Å². The van der Waals surface area contributed by atoms with Gasteiger partial charge in [0.25, 0.3) is 0 Å². The van der Waals surface area contributed by atoms with Gasteiger partial charge >= 0.3 is 0 Å². The van der Waals surface area contributed by atoms with Crippen molar-refractivity contribution in [1.29, 1.82) is 0 Å². The Hall–Kier alpha value is -1.91. The topological polar surface area (TPSA) is 66.5 Å². The van der Waals surface area contributed by atoms with Crippen molar-refractivity contribution in [2.24, 2.45) is 0 Å². The normalized spacial score (nSPS) is 11.6. The van der Waals surface area contributed by atoms with Gasteiger partial charge in [-0.2, -0.15) is 0 Å². The average molecular weight is 259 g/mol. The summed E-state index contributed by atoms with van der Waals surface area (Å²) >= 11 is 0. The lowest BCUT2D eigenvalue weighted by atomic mass is 9.92. The van der Waals surface area contributed by atoms with Crippen molar-refractivity contribution < 1.29 is 0 Å². The Balaban J connectivity index is 2.43. The van der Waals surface area contributed by atoms with Crippen molar-refractivity contribution >= 4 is 5.82 Å². The van der Waals surface area contributed by atoms with E-state index in [2.05, 4.69) is 52.9 Å². The number of hydrogen-bond acceptors (Lipinski definition) is 4. The van der Waals surface area contributed by atoms with Crippen molar-refractivity contribution in [3.05, 3.63) is 24.2 Å². The molecule has 0 atom stereocenters. The second-order valence-electron chi connectivity index (χ2n) is 5.58. The van der Waals surface area contributed by atoms with Crippen molar-refractivity contribution in [2.75, 3.05) is 11.9 Å². The van der Waals surface area contributed by atoms with E-state index in [1.807, 2.05) is 6.07 Å². The lowest BCUT2D eigenvalue weighted by Gasteiger charge is -2.19. The number of H-pyrrole nitrogens is 1. The van der Waals surface area contributed by atoms with Gasteiger partial charge in [0.15, 0.2) is 11.6 Å². The van der Waals surface area contributed by atoms with Gasteiger partial charge in [0.2, 0.25) is 0 Å². The molecule has 0 saturated carbocycles. The van der Waals surface area contributed by atoms with Crippen LogP contribution < -0.4 is 5.32 Å². The van der Waals surface area contributed by atoms with Crippen molar-refractivity contribution in [3.63, 3.8) is 0 Å². The predicted octanol–water partition coefficient (Wildman–Crippen LogP) is 2.99. The third-order valence-corrected chi connectivity index (χ3v) is 2.76. The quantitative estimate of drug-likeness (QED) is 0.885. The van der Waals surface area contributed by atoms with Gasteiger partial charge in [-0.3, -0.25) is 0 Å². The van der Waals surface area contributed by atoms with E-state index in [9.17, 15) is 0 Å². The fourth-order valence-electron chi connectivity index (χ4n) is 1.67. The van der Waals surface area contributed by atoms with Gasteiger partial charge in [-0.25, -0.2) is 15.0 Å². The van der Waals surface area contributed by atoms with Crippen LogP contribution >= 0.6 is 0 Å². The molecule has 2 aromatic rings. The van der Waals surface area contributed by atoms with Crippen LogP contribution in [0.15, 0.2) is 18.5 Å². The van der Waals surface area contributed by atoms with Crippen molar-refractivity contribution in [2.45, 2.75) is 39.5 Å². The number of nitrogens with zero attached hydrogens (tertiary/aromatic N) is 3. The number of aromatic amines is 1. The van der Waals surface area contributed by atoms with Crippen LogP contribution in [0.25, 0.3) is 11.6 Å². The molecular formula is C14H21N5. The molecule has 2 aromatic heterocycles. The SMILES string of the molecule is CCCNc1cc(C(C)(C)C)nc(-c2ncc[nH]2)n1. The third kappa shape index (κ3) is 3.30. The number of imidazole rings is 1. The molecule has 0 aliphatic heterocycles. The predicted molar refractivity (Wildman–Crippen MR) is 77.1 cm³/mol. The third-order valence-electron chi connectivity index (χ3n) is 2.76. The summed E-state index contributed by atoms with van der Waals surface area (Å²) in [5.74, 6) is 2.19. The van der Waals surface area contributed by atoms with E-state index >= 15 is 0 Å². The second kappa shape index (κ2) is 5.38. The van der Waals surface area contributed by atoms with Gasteiger partial charge < -0.3 is 10.3 Å². The van der Waals surface area contributed by atoms with Gasteiger partial charge in [0.1, 0.15) is 5.82 Å². The Labute approximate surface area is 113 Å². The lowest BCUT2D eigenvalue weighted by molar-refractivity contribution is 0.568. The second-order valence-corrected chi connectivity index (χ2v) is 5.58. The number of nitrogens with one attached hydrogen (secondary N) is 2. The molecule has 2 N–H and O–H groups in total. The maximum Gasteiger partial charge on any atom is 0.197 e. The summed E-state index contributed by atoms with van der Waals surface area (Å²) in [6.07, 6.45) is 4.55. The van der Waals surface area contributed by atoms with Crippen LogP contribution in [0.4, 0.5) is 5.82 Å². The van der Waals surface area contributed by atoms with Crippen LogP contribution in [-0.2, 0) is 5.41 Å². The maximum atomic E-state index is 4.61. The molecule has 0 radical (unpaired) electrons. The van der Waals surface area contributed by atoms with E-state index in [0.29, 0.717) is 11.6 Å². The summed E-state index contributed by atoms with van der Waals surface area (Å²) < 4.78 is 0. The van der Waals surface area contributed by atoms with Gasteiger partial charge in [-0.05, 0) is 6.42 Å². The molecule has 2 heterocycles. The van der Waals surface area contributed by atoms with Crippen LogP contribution in [0.5, 0.6) is 0 Å². The molecular weight excluding hydrogens is 238 g/mol. The first-order valence-corrected chi connectivity index (χ1v) is 6.64. The van der Waals surface area contributed by atoms with Crippen LogP contribution in [-0.4, -0.2) is 26.5 Å². The highest BCUT2D eigenvalue weighted by Crippen LogP contribution is 2.24. The summed E-state index contributed by atoms with van der Waals surface area (Å²) in [5.41, 5.74) is 0.986. The molecule has 0 saturated heterocycles. The smallest absolute Gasteiger partial charge is 0.197 e. The molecule has 0 aliphatic rings. The van der Waals surface area contributed by atoms with E-state index in [1.54, 1.807) is 12.4 Å². The minimum Gasteiger partial charge on any atom is -0.370 e. The molecule has 2 rings (SSSR count). The van der Waals surface area contributed by atoms with Crippen LogP contribution in [0.3, 0.4) is 0 Å². The molecule has 0 aromatic carbocycles. The molecule has 0 bridgehead atoms. The van der Waals surface area contributed by atoms with Gasteiger partial charge in [-0.15, -0.1) is 0 Å². The summed E-state index contributed by atoms with van der Waals surface area (Å²) in [7, 11) is 0. The Bertz CT molecular complexity index is 525. The Morgan fingerprint density at radius 2 is 2.05 bits per heavy atom. The largest absolute Gasteiger partial charge is 0.370 e. The number of anilines is 1. The van der Waals surface area contributed by atoms with E-state index in [1.165, 1.54) is 0 Å². The summed E-state index contributed by atoms with van der Waals surface area (Å²) in [5, 5.41) is 3.32. The monoisotopic (exact) mass is 259 g/mol. The summed E-state index contributed by atoms with van der Waals surface area (Å²) in [6.45, 7) is 9.46. The fourth-order valence-corrected chi connectivity index (χ4v) is 1.67. The zero-order chi connectivity index (χ0) is 13.9. The lowest BCUT2D eigenvalue weighted by Crippen LogP contribution is -2.16. The Morgan fingerprint density at radius 3 is 2.63 bits per heavy atom. The highest BCUT2D eigenvalue weighted by Gasteiger charge is 2.19. The fraction of sp³-hybridized carbons (Fsp3) is 0.500. The molecule has 5 nitrogen and oxygen atoms in total. The van der Waals surface area contributed by atoms with Gasteiger partial charge in [-0.1, -0.05) is 27.7 Å². The number of hydrogen-bond donors (Lipinski definition) is 2. The van der Waals surface area contributed by atoms with Crippen LogP contribution in [0.1, 0.15) is 39.8 Å².